The van der Waals surface area contributed by atoms with E-state index in [9.17, 15) is 9.18 Å². The van der Waals surface area contributed by atoms with Crippen LogP contribution in [0.2, 0.25) is 0 Å². The van der Waals surface area contributed by atoms with E-state index in [1.54, 1.807) is 0 Å². The van der Waals surface area contributed by atoms with E-state index in [0.717, 1.165) is 6.29 Å². The summed E-state index contributed by atoms with van der Waals surface area (Å²) < 4.78 is 13.6. The Kier molecular flexibility index (Phi) is 3.95. The average Bonchev–Trinajstić information content (AvgIpc) is 2.11. The number of hydrogen-bond donors (Lipinski definition) is 0. The van der Waals surface area contributed by atoms with Crippen LogP contribution in [0, 0.1) is 5.82 Å². The van der Waals surface area contributed by atoms with Crippen molar-refractivity contribution in [3.63, 3.8) is 0 Å². The molecule has 15 heavy (non-hydrogen) atoms. The molecule has 0 atom stereocenters. The predicted octanol–water partition coefficient (Wildman–Crippen LogP) is 4.29. The molecule has 0 saturated carbocycles. The Balaban J connectivity index is 3.24. The van der Waals surface area contributed by atoms with Gasteiger partial charge in [0.05, 0.1) is 4.47 Å². The van der Waals surface area contributed by atoms with Crippen LogP contribution in [-0.4, -0.2) is 11.0 Å². The van der Waals surface area contributed by atoms with Crippen molar-refractivity contribution in [3.8, 4) is 0 Å². The second kappa shape index (κ2) is 4.66. The summed E-state index contributed by atoms with van der Waals surface area (Å²) >= 11 is 4.64. The lowest BCUT2D eigenvalue weighted by Gasteiger charge is -2.19. The highest BCUT2D eigenvalue weighted by Crippen LogP contribution is 2.39. The molecule has 0 fully saturated rings. The topological polar surface area (TPSA) is 17.1 Å². The quantitative estimate of drug-likeness (QED) is 0.597. The van der Waals surface area contributed by atoms with Crippen LogP contribution in [-0.2, 0) is 0 Å². The lowest BCUT2D eigenvalue weighted by Crippen LogP contribution is -2.08. The Morgan fingerprint density at radius 2 is 2.00 bits per heavy atom. The van der Waals surface area contributed by atoms with Crippen LogP contribution < -0.4 is 0 Å². The van der Waals surface area contributed by atoms with Crippen LogP contribution in [0.3, 0.4) is 0 Å². The highest BCUT2D eigenvalue weighted by Gasteiger charge is 2.19. The predicted molar refractivity (Wildman–Crippen MR) is 65.1 cm³/mol. The van der Waals surface area contributed by atoms with E-state index in [2.05, 4.69) is 15.9 Å². The molecule has 0 bridgehead atoms. The largest absolute Gasteiger partial charge is 0.298 e. The summed E-state index contributed by atoms with van der Waals surface area (Å²) in [6, 6.07) is 2.79. The molecule has 1 nitrogen and oxygen atoms in total. The summed E-state index contributed by atoms with van der Waals surface area (Å²) in [5.41, 5.74) is 0.517. The van der Waals surface area contributed by atoms with Crippen molar-refractivity contribution in [2.45, 2.75) is 30.4 Å². The van der Waals surface area contributed by atoms with Gasteiger partial charge in [-0.3, -0.25) is 4.79 Å². The molecule has 0 amide bonds. The number of carbonyl (C=O) groups is 1. The third-order valence-electron chi connectivity index (χ3n) is 1.62. The van der Waals surface area contributed by atoms with Crippen LogP contribution in [0.4, 0.5) is 4.39 Å². The molecule has 1 aromatic rings. The maximum Gasteiger partial charge on any atom is 0.151 e. The number of thioether (sulfide) groups is 1. The van der Waals surface area contributed by atoms with Crippen molar-refractivity contribution in [1.29, 1.82) is 0 Å². The number of hydrogen-bond acceptors (Lipinski definition) is 2. The molecule has 0 aromatic heterocycles. The van der Waals surface area contributed by atoms with Crippen molar-refractivity contribution in [2.75, 3.05) is 0 Å². The normalized spacial score (nSPS) is 11.5. The monoisotopic (exact) mass is 290 g/mol. The van der Waals surface area contributed by atoms with Gasteiger partial charge in [0, 0.05) is 15.2 Å². The number of benzene rings is 1. The van der Waals surface area contributed by atoms with Gasteiger partial charge in [-0.25, -0.2) is 4.39 Å². The van der Waals surface area contributed by atoms with Gasteiger partial charge in [0.2, 0.25) is 0 Å². The van der Waals surface area contributed by atoms with Crippen molar-refractivity contribution in [1.82, 2.24) is 0 Å². The first kappa shape index (κ1) is 12.7. The molecule has 1 aromatic carbocycles. The van der Waals surface area contributed by atoms with E-state index in [4.69, 9.17) is 0 Å². The van der Waals surface area contributed by atoms with Gasteiger partial charge in [0.15, 0.2) is 6.29 Å². The summed E-state index contributed by atoms with van der Waals surface area (Å²) in [4.78, 5) is 11.5. The average molecular weight is 291 g/mol. The van der Waals surface area contributed by atoms with E-state index in [1.165, 1.54) is 23.9 Å². The molecule has 0 spiro atoms. The molecule has 82 valence electrons. The third-order valence-corrected chi connectivity index (χ3v) is 3.91. The van der Waals surface area contributed by atoms with E-state index >= 15 is 0 Å². The van der Waals surface area contributed by atoms with Gasteiger partial charge in [-0.05, 0) is 28.1 Å². The summed E-state index contributed by atoms with van der Waals surface area (Å²) in [6.45, 7) is 6.05. The van der Waals surface area contributed by atoms with Gasteiger partial charge in [0.1, 0.15) is 5.82 Å². The van der Waals surface area contributed by atoms with Gasteiger partial charge in [0.25, 0.3) is 0 Å². The lowest BCUT2D eigenvalue weighted by atomic mass is 10.2. The molecule has 0 heterocycles. The second-order valence-corrected chi connectivity index (χ2v) is 6.74. The molecule has 0 radical (unpaired) electrons. The lowest BCUT2D eigenvalue weighted by molar-refractivity contribution is 0.112. The molecule has 4 heteroatoms. The van der Waals surface area contributed by atoms with Gasteiger partial charge >= 0.3 is 0 Å². The first-order valence-electron chi connectivity index (χ1n) is 4.47. The minimum atomic E-state index is -0.340. The van der Waals surface area contributed by atoms with Gasteiger partial charge < -0.3 is 0 Å². The molecular formula is C11H12BrFOS. The van der Waals surface area contributed by atoms with Crippen LogP contribution in [0.25, 0.3) is 0 Å². The Morgan fingerprint density at radius 3 is 2.47 bits per heavy atom. The highest BCUT2D eigenvalue weighted by molar-refractivity contribution is 9.10. The maximum absolute atomic E-state index is 13.3. The molecule has 0 unspecified atom stereocenters. The zero-order chi connectivity index (χ0) is 11.6. The fourth-order valence-electron chi connectivity index (χ4n) is 1.05. The molecule has 0 N–H and O–H groups in total. The minimum Gasteiger partial charge on any atom is -0.298 e. The molecule has 0 aliphatic rings. The van der Waals surface area contributed by atoms with E-state index < -0.39 is 0 Å². The molecular weight excluding hydrogens is 279 g/mol. The molecule has 0 aliphatic heterocycles. The molecule has 0 saturated heterocycles. The minimum absolute atomic E-state index is 0.0614. The van der Waals surface area contributed by atoms with Crippen molar-refractivity contribution in [3.05, 3.63) is 28.0 Å². The Labute approximate surface area is 102 Å². The summed E-state index contributed by atoms with van der Waals surface area (Å²) in [5, 5.41) is 0. The van der Waals surface area contributed by atoms with E-state index in [-0.39, 0.29) is 10.6 Å². The standard InChI is InChI=1S/C11H12BrFOS/c1-11(2,3)15-10-7(6-14)4-5-8(13)9(10)12/h4-6H,1-3H3. The summed E-state index contributed by atoms with van der Waals surface area (Å²) in [7, 11) is 0. The summed E-state index contributed by atoms with van der Waals surface area (Å²) in [5.74, 6) is -0.340. The smallest absolute Gasteiger partial charge is 0.151 e. The Hall–Kier alpha value is -0.350. The van der Waals surface area contributed by atoms with Gasteiger partial charge in [-0.1, -0.05) is 20.8 Å². The van der Waals surface area contributed by atoms with Crippen LogP contribution in [0.5, 0.6) is 0 Å². The van der Waals surface area contributed by atoms with Crippen molar-refractivity contribution in [2.24, 2.45) is 0 Å². The van der Waals surface area contributed by atoms with Crippen molar-refractivity contribution < 1.29 is 9.18 Å². The Bertz CT molecular complexity index is 385. The summed E-state index contributed by atoms with van der Waals surface area (Å²) in [6.07, 6.45) is 0.748. The Morgan fingerprint density at radius 1 is 1.40 bits per heavy atom. The first-order chi connectivity index (χ1) is 6.85. The third kappa shape index (κ3) is 3.31. The SMILES string of the molecule is CC(C)(C)Sc1c(C=O)ccc(F)c1Br. The van der Waals surface area contributed by atoms with Crippen LogP contribution in [0.1, 0.15) is 31.1 Å². The first-order valence-corrected chi connectivity index (χ1v) is 6.08. The second-order valence-electron chi connectivity index (χ2n) is 4.11. The number of aldehydes is 1. The zero-order valence-electron chi connectivity index (χ0n) is 8.80. The van der Waals surface area contributed by atoms with E-state index in [1.807, 2.05) is 20.8 Å². The fraction of sp³-hybridized carbons (Fsp3) is 0.364. The maximum atomic E-state index is 13.3. The fourth-order valence-corrected chi connectivity index (χ4v) is 2.69. The molecule has 0 aliphatic carbocycles. The van der Waals surface area contributed by atoms with Crippen LogP contribution in [0.15, 0.2) is 21.5 Å². The highest BCUT2D eigenvalue weighted by atomic mass is 79.9. The van der Waals surface area contributed by atoms with Crippen LogP contribution >= 0.6 is 27.7 Å². The van der Waals surface area contributed by atoms with Gasteiger partial charge in [-0.2, -0.15) is 0 Å². The number of carbonyl (C=O) groups excluding carboxylic acids is 1. The zero-order valence-corrected chi connectivity index (χ0v) is 11.2. The van der Waals surface area contributed by atoms with Crippen molar-refractivity contribution >= 4 is 34.0 Å². The molecule has 1 rings (SSSR count). The number of halogens is 2. The van der Waals surface area contributed by atoms with Gasteiger partial charge in [-0.15, -0.1) is 11.8 Å². The van der Waals surface area contributed by atoms with E-state index in [0.29, 0.717) is 14.9 Å². The number of rotatable bonds is 2.